The van der Waals surface area contributed by atoms with E-state index in [1.807, 2.05) is 36.4 Å². The van der Waals surface area contributed by atoms with Gasteiger partial charge in [0.05, 0.1) is 0 Å². The molecule has 130 valence electrons. The molecule has 0 spiro atoms. The molecule has 0 aromatic heterocycles. The Labute approximate surface area is 152 Å². The minimum Gasteiger partial charge on any atom is -0.507 e. The Kier molecular flexibility index (Phi) is 4.90. The van der Waals surface area contributed by atoms with Crippen LogP contribution in [0.3, 0.4) is 0 Å². The van der Waals surface area contributed by atoms with Crippen LogP contribution in [0.2, 0.25) is 0 Å². The zero-order valence-corrected chi connectivity index (χ0v) is 14.7. The maximum atomic E-state index is 10.6. The monoisotopic (exact) mass is 344 g/mol. The van der Waals surface area contributed by atoms with Gasteiger partial charge in [-0.3, -0.25) is 4.79 Å². The van der Waals surface area contributed by atoms with Crippen molar-refractivity contribution in [3.05, 3.63) is 78.4 Å². The Morgan fingerprint density at radius 1 is 0.731 bits per heavy atom. The van der Waals surface area contributed by atoms with Crippen molar-refractivity contribution in [1.82, 2.24) is 0 Å². The number of carbonyl (C=O) groups is 1. The minimum atomic E-state index is -0.833. The molecule has 0 aliphatic rings. The molecule has 26 heavy (non-hydrogen) atoms. The number of carboxylic acid groups (broad SMARTS) is 1. The number of phenols is 1. The number of hydrogen-bond donors (Lipinski definition) is 2. The molecule has 0 bridgehead atoms. The zero-order chi connectivity index (χ0) is 18.7. The van der Waals surface area contributed by atoms with E-state index in [-0.39, 0.29) is 0 Å². The number of phenolic OH excluding ortho intramolecular Hbond substituents is 1. The molecule has 4 aromatic carbocycles. The fourth-order valence-electron chi connectivity index (χ4n) is 3.14. The lowest BCUT2D eigenvalue weighted by atomic mass is 9.91. The van der Waals surface area contributed by atoms with Gasteiger partial charge in [-0.2, -0.15) is 0 Å². The van der Waals surface area contributed by atoms with Crippen LogP contribution < -0.4 is 0 Å². The molecular formula is C23H20O3. The lowest BCUT2D eigenvalue weighted by Crippen LogP contribution is -1.87. The first-order valence-electron chi connectivity index (χ1n) is 8.38. The average molecular weight is 344 g/mol. The van der Waals surface area contributed by atoms with E-state index in [9.17, 15) is 5.11 Å². The number of benzene rings is 4. The summed E-state index contributed by atoms with van der Waals surface area (Å²) >= 11 is 0. The van der Waals surface area contributed by atoms with E-state index >= 15 is 0 Å². The van der Waals surface area contributed by atoms with E-state index in [1.165, 1.54) is 16.7 Å². The SMILES string of the molecule is CC(=O)O.Cc1ccc(-c2c3ccccc3c(O)c3ccccc23)cc1. The predicted molar refractivity (Wildman–Crippen MR) is 107 cm³/mol. The third-order valence-electron chi connectivity index (χ3n) is 4.24. The molecule has 2 N–H and O–H groups in total. The first kappa shape index (κ1) is 17.5. The Hall–Kier alpha value is -3.33. The van der Waals surface area contributed by atoms with Crippen LogP contribution in [0.5, 0.6) is 5.75 Å². The van der Waals surface area contributed by atoms with Crippen molar-refractivity contribution in [2.75, 3.05) is 0 Å². The number of carboxylic acids is 1. The second-order valence-corrected chi connectivity index (χ2v) is 6.20. The maximum Gasteiger partial charge on any atom is 0.300 e. The van der Waals surface area contributed by atoms with E-state index < -0.39 is 5.97 Å². The summed E-state index contributed by atoms with van der Waals surface area (Å²) in [7, 11) is 0. The quantitative estimate of drug-likeness (QED) is 0.431. The van der Waals surface area contributed by atoms with Gasteiger partial charge in [0, 0.05) is 17.7 Å². The molecule has 3 nitrogen and oxygen atoms in total. The van der Waals surface area contributed by atoms with Crippen molar-refractivity contribution in [2.24, 2.45) is 0 Å². The van der Waals surface area contributed by atoms with Gasteiger partial charge in [-0.15, -0.1) is 0 Å². The van der Waals surface area contributed by atoms with E-state index in [1.54, 1.807) is 0 Å². The fraction of sp³-hybridized carbons (Fsp3) is 0.0870. The van der Waals surface area contributed by atoms with Crippen LogP contribution in [0.4, 0.5) is 0 Å². The van der Waals surface area contributed by atoms with Gasteiger partial charge in [-0.05, 0) is 28.8 Å². The van der Waals surface area contributed by atoms with Crippen LogP contribution in [-0.4, -0.2) is 16.2 Å². The second-order valence-electron chi connectivity index (χ2n) is 6.20. The van der Waals surface area contributed by atoms with Gasteiger partial charge in [0.2, 0.25) is 0 Å². The van der Waals surface area contributed by atoms with Crippen molar-refractivity contribution in [3.8, 4) is 16.9 Å². The lowest BCUT2D eigenvalue weighted by molar-refractivity contribution is -0.134. The summed E-state index contributed by atoms with van der Waals surface area (Å²) in [5.41, 5.74) is 3.61. The number of aryl methyl sites for hydroxylation is 1. The van der Waals surface area contributed by atoms with Gasteiger partial charge in [0.25, 0.3) is 5.97 Å². The number of rotatable bonds is 1. The highest BCUT2D eigenvalue weighted by Gasteiger charge is 2.13. The fourth-order valence-corrected chi connectivity index (χ4v) is 3.14. The van der Waals surface area contributed by atoms with E-state index in [0.29, 0.717) is 5.75 Å². The summed E-state index contributed by atoms with van der Waals surface area (Å²) < 4.78 is 0. The van der Waals surface area contributed by atoms with Gasteiger partial charge in [0.15, 0.2) is 0 Å². The maximum absolute atomic E-state index is 10.6. The molecule has 4 rings (SSSR count). The molecule has 0 amide bonds. The van der Waals surface area contributed by atoms with Gasteiger partial charge in [0.1, 0.15) is 5.75 Å². The second kappa shape index (κ2) is 7.28. The lowest BCUT2D eigenvalue weighted by Gasteiger charge is -2.14. The Morgan fingerprint density at radius 3 is 1.54 bits per heavy atom. The summed E-state index contributed by atoms with van der Waals surface area (Å²) in [4.78, 5) is 9.00. The molecule has 0 heterocycles. The average Bonchev–Trinajstić information content (AvgIpc) is 2.63. The molecular weight excluding hydrogens is 324 g/mol. The highest BCUT2D eigenvalue weighted by molar-refractivity contribution is 6.16. The highest BCUT2D eigenvalue weighted by Crippen LogP contribution is 2.42. The smallest absolute Gasteiger partial charge is 0.300 e. The molecule has 0 fully saturated rings. The van der Waals surface area contributed by atoms with Crippen molar-refractivity contribution in [1.29, 1.82) is 0 Å². The number of aliphatic carboxylic acids is 1. The molecule has 0 aliphatic carbocycles. The largest absolute Gasteiger partial charge is 0.507 e. The molecule has 0 aliphatic heterocycles. The first-order valence-corrected chi connectivity index (χ1v) is 8.38. The Morgan fingerprint density at radius 2 is 1.12 bits per heavy atom. The van der Waals surface area contributed by atoms with E-state index in [0.717, 1.165) is 28.5 Å². The minimum absolute atomic E-state index is 0.363. The number of fused-ring (bicyclic) bond motifs is 2. The van der Waals surface area contributed by atoms with Gasteiger partial charge < -0.3 is 10.2 Å². The van der Waals surface area contributed by atoms with Crippen LogP contribution in [0, 0.1) is 6.92 Å². The molecule has 0 atom stereocenters. The summed E-state index contributed by atoms with van der Waals surface area (Å²) in [5.74, 6) is -0.470. The van der Waals surface area contributed by atoms with Gasteiger partial charge in [-0.25, -0.2) is 0 Å². The number of hydrogen-bond acceptors (Lipinski definition) is 2. The highest BCUT2D eigenvalue weighted by atomic mass is 16.4. The molecule has 0 saturated heterocycles. The molecule has 4 aromatic rings. The normalized spacial score (nSPS) is 10.4. The standard InChI is InChI=1S/C21H16O.C2H4O2/c1-14-10-12-15(13-11-14)20-16-6-2-4-8-18(16)21(22)19-9-5-3-7-17(19)20;1-2(3)4/h2-13,22H,1H3;1H3,(H,3,4). The molecule has 3 heteroatoms. The Balaban J connectivity index is 0.000000447. The van der Waals surface area contributed by atoms with Crippen molar-refractivity contribution >= 4 is 27.5 Å². The third kappa shape index (κ3) is 3.38. The van der Waals surface area contributed by atoms with Gasteiger partial charge >= 0.3 is 0 Å². The summed E-state index contributed by atoms with van der Waals surface area (Å²) in [6.45, 7) is 3.18. The van der Waals surface area contributed by atoms with Crippen LogP contribution in [0.1, 0.15) is 12.5 Å². The third-order valence-corrected chi connectivity index (χ3v) is 4.24. The van der Waals surface area contributed by atoms with Crippen LogP contribution in [0.25, 0.3) is 32.7 Å². The van der Waals surface area contributed by atoms with Crippen LogP contribution in [0.15, 0.2) is 72.8 Å². The van der Waals surface area contributed by atoms with Crippen LogP contribution in [-0.2, 0) is 4.79 Å². The summed E-state index contributed by atoms with van der Waals surface area (Å²) in [5, 5.41) is 22.0. The number of aromatic hydroxyl groups is 1. The molecule has 0 radical (unpaired) electrons. The van der Waals surface area contributed by atoms with E-state index in [4.69, 9.17) is 9.90 Å². The van der Waals surface area contributed by atoms with Crippen molar-refractivity contribution in [3.63, 3.8) is 0 Å². The first-order chi connectivity index (χ1) is 12.5. The van der Waals surface area contributed by atoms with Gasteiger partial charge in [-0.1, -0.05) is 78.4 Å². The molecule has 0 saturated carbocycles. The molecule has 0 unspecified atom stereocenters. The van der Waals surface area contributed by atoms with Crippen molar-refractivity contribution < 1.29 is 15.0 Å². The zero-order valence-electron chi connectivity index (χ0n) is 14.7. The van der Waals surface area contributed by atoms with Crippen molar-refractivity contribution in [2.45, 2.75) is 13.8 Å². The topological polar surface area (TPSA) is 57.5 Å². The Bertz CT molecular complexity index is 1020. The predicted octanol–water partition coefficient (Wildman–Crippen LogP) is 5.76. The van der Waals surface area contributed by atoms with Crippen LogP contribution >= 0.6 is 0 Å². The summed E-state index contributed by atoms with van der Waals surface area (Å²) in [6.07, 6.45) is 0. The van der Waals surface area contributed by atoms with E-state index in [2.05, 4.69) is 43.3 Å². The summed E-state index contributed by atoms with van der Waals surface area (Å²) in [6, 6.07) is 24.7.